The molecule has 0 aliphatic carbocycles. The van der Waals surface area contributed by atoms with Crippen molar-refractivity contribution in [1.82, 2.24) is 5.32 Å². The number of amides is 1. The first-order valence-corrected chi connectivity index (χ1v) is 6.56. The molecule has 0 spiro atoms. The highest BCUT2D eigenvalue weighted by Gasteiger charge is 2.11. The van der Waals surface area contributed by atoms with Crippen LogP contribution in [-0.2, 0) is 11.2 Å². The van der Waals surface area contributed by atoms with Gasteiger partial charge in [-0.3, -0.25) is 4.79 Å². The van der Waals surface area contributed by atoms with E-state index < -0.39 is 0 Å². The Labute approximate surface area is 125 Å². The second kappa shape index (κ2) is 7.97. The van der Waals surface area contributed by atoms with Crippen molar-refractivity contribution in [3.8, 4) is 11.5 Å². The van der Waals surface area contributed by atoms with Crippen LogP contribution < -0.4 is 20.5 Å². The highest BCUT2D eigenvalue weighted by Crippen LogP contribution is 2.30. The van der Waals surface area contributed by atoms with E-state index in [0.29, 0.717) is 26.2 Å². The van der Waals surface area contributed by atoms with Gasteiger partial charge in [0.1, 0.15) is 13.2 Å². The topological polar surface area (TPSA) is 73.6 Å². The number of carbonyl (C=O) groups excluding carboxylic acids is 1. The summed E-state index contributed by atoms with van der Waals surface area (Å²) in [5.41, 5.74) is 6.68. The molecule has 6 heteroatoms. The van der Waals surface area contributed by atoms with Gasteiger partial charge in [-0.2, -0.15) is 0 Å². The van der Waals surface area contributed by atoms with Crippen molar-refractivity contribution >= 4 is 18.3 Å². The average molecular weight is 301 g/mol. The average Bonchev–Trinajstić information content (AvgIpc) is 2.37. The zero-order valence-electron chi connectivity index (χ0n) is 11.6. The molecular weight excluding hydrogens is 280 g/mol. The van der Waals surface area contributed by atoms with Gasteiger partial charge in [-0.1, -0.05) is 6.07 Å². The van der Waals surface area contributed by atoms with E-state index in [4.69, 9.17) is 15.2 Å². The van der Waals surface area contributed by atoms with Gasteiger partial charge in [-0.15, -0.1) is 12.4 Å². The van der Waals surface area contributed by atoms with E-state index in [1.54, 1.807) is 0 Å². The zero-order chi connectivity index (χ0) is 13.7. The third-order valence-electron chi connectivity index (χ3n) is 2.85. The van der Waals surface area contributed by atoms with Crippen LogP contribution >= 0.6 is 12.4 Å². The smallest absolute Gasteiger partial charge is 0.221 e. The predicted octanol–water partition coefficient (Wildman–Crippen LogP) is 1.28. The molecule has 1 aromatic rings. The molecule has 5 nitrogen and oxygen atoms in total. The Morgan fingerprint density at radius 1 is 1.35 bits per heavy atom. The summed E-state index contributed by atoms with van der Waals surface area (Å²) in [7, 11) is 0. The van der Waals surface area contributed by atoms with E-state index in [2.05, 4.69) is 5.32 Å². The first-order valence-electron chi connectivity index (χ1n) is 6.56. The third kappa shape index (κ3) is 4.90. The number of nitrogens with one attached hydrogen (secondary N) is 1. The van der Waals surface area contributed by atoms with Gasteiger partial charge in [0.15, 0.2) is 11.5 Å². The van der Waals surface area contributed by atoms with Gasteiger partial charge in [0, 0.05) is 19.0 Å². The monoisotopic (exact) mass is 300 g/mol. The molecule has 1 aromatic carbocycles. The Bertz CT molecular complexity index is 452. The van der Waals surface area contributed by atoms with Gasteiger partial charge in [0.25, 0.3) is 0 Å². The molecular formula is C14H21ClN2O3. The van der Waals surface area contributed by atoms with E-state index in [-0.39, 0.29) is 24.4 Å². The predicted molar refractivity (Wildman–Crippen MR) is 79.7 cm³/mol. The maximum atomic E-state index is 11.4. The molecule has 2 rings (SSSR count). The Hall–Kier alpha value is -1.46. The molecule has 0 aromatic heterocycles. The van der Waals surface area contributed by atoms with Crippen LogP contribution in [0.2, 0.25) is 0 Å². The van der Waals surface area contributed by atoms with Crippen molar-refractivity contribution in [2.24, 2.45) is 5.73 Å². The lowest BCUT2D eigenvalue weighted by molar-refractivity contribution is -0.121. The molecule has 1 aliphatic rings. The fraction of sp³-hybridized carbons (Fsp3) is 0.500. The molecule has 0 saturated heterocycles. The largest absolute Gasteiger partial charge is 0.486 e. The number of hydrogen-bond acceptors (Lipinski definition) is 4. The molecule has 0 saturated carbocycles. The lowest BCUT2D eigenvalue weighted by Crippen LogP contribution is -2.31. The van der Waals surface area contributed by atoms with Crippen molar-refractivity contribution in [2.45, 2.75) is 25.8 Å². The summed E-state index contributed by atoms with van der Waals surface area (Å²) in [6.07, 6.45) is 1.13. The van der Waals surface area contributed by atoms with E-state index in [9.17, 15) is 4.79 Å². The maximum Gasteiger partial charge on any atom is 0.221 e. The second-order valence-corrected chi connectivity index (χ2v) is 4.76. The molecule has 112 valence electrons. The number of nitrogens with two attached hydrogens (primary N) is 1. The van der Waals surface area contributed by atoms with Crippen molar-refractivity contribution in [1.29, 1.82) is 0 Å². The number of hydrogen-bond donors (Lipinski definition) is 2. The SMILES string of the molecule is CC(N)CC(=O)NCCc1ccc2c(c1)OCCO2.Cl. The molecule has 1 atom stereocenters. The summed E-state index contributed by atoms with van der Waals surface area (Å²) in [5, 5.41) is 2.85. The van der Waals surface area contributed by atoms with Crippen LogP contribution in [0.15, 0.2) is 18.2 Å². The van der Waals surface area contributed by atoms with E-state index in [1.165, 1.54) is 0 Å². The van der Waals surface area contributed by atoms with E-state index in [0.717, 1.165) is 23.5 Å². The molecule has 1 heterocycles. The van der Waals surface area contributed by atoms with Crippen molar-refractivity contribution in [3.63, 3.8) is 0 Å². The minimum Gasteiger partial charge on any atom is -0.486 e. The summed E-state index contributed by atoms with van der Waals surface area (Å²) in [4.78, 5) is 11.4. The molecule has 0 bridgehead atoms. The van der Waals surface area contributed by atoms with Crippen molar-refractivity contribution in [2.75, 3.05) is 19.8 Å². The quantitative estimate of drug-likeness (QED) is 0.859. The van der Waals surface area contributed by atoms with Gasteiger partial charge in [0.05, 0.1) is 0 Å². The first kappa shape index (κ1) is 16.6. The number of carbonyl (C=O) groups is 1. The summed E-state index contributed by atoms with van der Waals surface area (Å²) >= 11 is 0. The highest BCUT2D eigenvalue weighted by molar-refractivity contribution is 5.85. The van der Waals surface area contributed by atoms with Crippen LogP contribution in [0.25, 0.3) is 0 Å². The number of benzene rings is 1. The fourth-order valence-electron chi connectivity index (χ4n) is 1.95. The molecule has 3 N–H and O–H groups in total. The number of ether oxygens (including phenoxy) is 2. The van der Waals surface area contributed by atoms with E-state index in [1.807, 2.05) is 25.1 Å². The van der Waals surface area contributed by atoms with Gasteiger partial charge < -0.3 is 20.5 Å². The van der Waals surface area contributed by atoms with Gasteiger partial charge in [0.2, 0.25) is 5.91 Å². The summed E-state index contributed by atoms with van der Waals surface area (Å²) in [6, 6.07) is 5.76. The van der Waals surface area contributed by atoms with Crippen LogP contribution in [0.5, 0.6) is 11.5 Å². The minimum atomic E-state index is -0.103. The van der Waals surface area contributed by atoms with Crippen LogP contribution in [-0.4, -0.2) is 31.7 Å². The Kier molecular flexibility index (Phi) is 6.61. The number of fused-ring (bicyclic) bond motifs is 1. The van der Waals surface area contributed by atoms with Crippen LogP contribution in [0.4, 0.5) is 0 Å². The minimum absolute atomic E-state index is 0. The number of halogens is 1. The molecule has 20 heavy (non-hydrogen) atoms. The highest BCUT2D eigenvalue weighted by atomic mass is 35.5. The van der Waals surface area contributed by atoms with Crippen LogP contribution in [0, 0.1) is 0 Å². The van der Waals surface area contributed by atoms with Gasteiger partial charge >= 0.3 is 0 Å². The lowest BCUT2D eigenvalue weighted by Gasteiger charge is -2.18. The molecule has 1 amide bonds. The first-order chi connectivity index (χ1) is 9.15. The van der Waals surface area contributed by atoms with Crippen molar-refractivity contribution in [3.05, 3.63) is 23.8 Å². The van der Waals surface area contributed by atoms with Crippen LogP contribution in [0.3, 0.4) is 0 Å². The second-order valence-electron chi connectivity index (χ2n) is 4.76. The van der Waals surface area contributed by atoms with Gasteiger partial charge in [-0.25, -0.2) is 0 Å². The molecule has 0 radical (unpaired) electrons. The zero-order valence-corrected chi connectivity index (χ0v) is 12.4. The molecule has 1 unspecified atom stereocenters. The summed E-state index contributed by atoms with van der Waals surface area (Å²) < 4.78 is 11.0. The van der Waals surface area contributed by atoms with Gasteiger partial charge in [-0.05, 0) is 31.0 Å². The maximum absolute atomic E-state index is 11.4. The summed E-state index contributed by atoms with van der Waals surface area (Å²) in [6.45, 7) is 3.60. The third-order valence-corrected chi connectivity index (χ3v) is 2.85. The van der Waals surface area contributed by atoms with Crippen molar-refractivity contribution < 1.29 is 14.3 Å². The molecule has 1 aliphatic heterocycles. The Balaban J connectivity index is 0.00000200. The fourth-order valence-corrected chi connectivity index (χ4v) is 1.95. The summed E-state index contributed by atoms with van der Waals surface area (Å²) in [5.74, 6) is 1.56. The van der Waals surface area contributed by atoms with E-state index >= 15 is 0 Å². The Morgan fingerprint density at radius 3 is 2.75 bits per heavy atom. The normalized spacial score (nSPS) is 14.1. The standard InChI is InChI=1S/C14H20N2O3.ClH/c1-10(15)8-14(17)16-5-4-11-2-3-12-13(9-11)19-7-6-18-12;/h2-3,9-10H,4-8,15H2,1H3,(H,16,17);1H. The lowest BCUT2D eigenvalue weighted by atomic mass is 10.1. The van der Waals surface area contributed by atoms with Crippen LogP contribution in [0.1, 0.15) is 18.9 Å². The molecule has 0 fully saturated rings. The Morgan fingerprint density at radius 2 is 2.05 bits per heavy atom. The number of rotatable bonds is 5.